The van der Waals surface area contributed by atoms with Gasteiger partial charge in [0.2, 0.25) is 5.95 Å². The van der Waals surface area contributed by atoms with Crippen LogP contribution in [-0.4, -0.2) is 44.9 Å². The lowest BCUT2D eigenvalue weighted by Gasteiger charge is -2.39. The molecule has 1 aliphatic heterocycles. The van der Waals surface area contributed by atoms with E-state index in [-0.39, 0.29) is 5.92 Å². The number of para-hydroxylation sites is 1. The third-order valence-corrected chi connectivity index (χ3v) is 6.83. The monoisotopic (exact) mass is 431 g/mol. The summed E-state index contributed by atoms with van der Waals surface area (Å²) in [5.41, 5.74) is 16.9. The lowest BCUT2D eigenvalue weighted by Crippen LogP contribution is -2.54. The standard InChI is InChI=1S/C23H25N7O2/c1-12-6-15(23(25)10-32-11-23)9-26-18(12)13-7-14(8-13)20-28-21-16-4-3-5-17(31-2)19(16)27-22(24)30(21)29-20/h3-6,9,13-14H,7-8,10-11,25H2,1-2H3,(H2,24,27)/t13-,14+. The molecule has 1 saturated heterocycles. The van der Waals surface area contributed by atoms with Crippen LogP contribution >= 0.6 is 0 Å². The van der Waals surface area contributed by atoms with Crippen LogP contribution in [0.4, 0.5) is 5.95 Å². The second-order valence-electron chi connectivity index (χ2n) is 8.97. The maximum atomic E-state index is 6.36. The van der Waals surface area contributed by atoms with E-state index in [9.17, 15) is 0 Å². The van der Waals surface area contributed by atoms with Crippen molar-refractivity contribution in [2.45, 2.75) is 37.1 Å². The van der Waals surface area contributed by atoms with E-state index in [1.54, 1.807) is 11.6 Å². The number of ether oxygens (including phenoxy) is 2. The zero-order valence-electron chi connectivity index (χ0n) is 18.1. The van der Waals surface area contributed by atoms with E-state index in [1.807, 2.05) is 24.4 Å². The Morgan fingerprint density at radius 1 is 1.19 bits per heavy atom. The molecule has 0 bridgehead atoms. The highest BCUT2D eigenvalue weighted by atomic mass is 16.5. The van der Waals surface area contributed by atoms with E-state index < -0.39 is 5.54 Å². The first-order valence-corrected chi connectivity index (χ1v) is 10.8. The third kappa shape index (κ3) is 2.78. The number of hydrogen-bond donors (Lipinski definition) is 2. The Labute approximate surface area is 184 Å². The van der Waals surface area contributed by atoms with E-state index in [0.29, 0.717) is 42.0 Å². The number of rotatable bonds is 4. The number of pyridine rings is 1. The van der Waals surface area contributed by atoms with Crippen molar-refractivity contribution in [1.82, 2.24) is 24.6 Å². The molecule has 3 aromatic heterocycles. The van der Waals surface area contributed by atoms with Gasteiger partial charge in [0.25, 0.3) is 0 Å². The Hall–Kier alpha value is -3.30. The Morgan fingerprint density at radius 3 is 2.69 bits per heavy atom. The molecular formula is C23H25N7O2. The summed E-state index contributed by atoms with van der Waals surface area (Å²) >= 11 is 0. The highest BCUT2D eigenvalue weighted by Gasteiger charge is 2.39. The summed E-state index contributed by atoms with van der Waals surface area (Å²) in [5, 5.41) is 5.55. The lowest BCUT2D eigenvalue weighted by atomic mass is 9.71. The minimum absolute atomic E-state index is 0.265. The fourth-order valence-corrected chi connectivity index (χ4v) is 4.81. The topological polar surface area (TPSA) is 126 Å². The van der Waals surface area contributed by atoms with E-state index in [0.717, 1.165) is 35.3 Å². The van der Waals surface area contributed by atoms with Crippen LogP contribution in [0.15, 0.2) is 30.5 Å². The molecule has 2 fully saturated rings. The molecule has 0 radical (unpaired) electrons. The van der Waals surface area contributed by atoms with Gasteiger partial charge >= 0.3 is 0 Å². The zero-order valence-corrected chi connectivity index (χ0v) is 18.1. The van der Waals surface area contributed by atoms with Crippen molar-refractivity contribution >= 4 is 22.5 Å². The highest BCUT2D eigenvalue weighted by molar-refractivity contribution is 5.95. The number of hydrogen-bond acceptors (Lipinski definition) is 8. The summed E-state index contributed by atoms with van der Waals surface area (Å²) in [7, 11) is 1.62. The number of nitrogens with zero attached hydrogens (tertiary/aromatic N) is 5. The van der Waals surface area contributed by atoms with Gasteiger partial charge in [-0.15, -0.1) is 5.10 Å². The van der Waals surface area contributed by atoms with Crippen molar-refractivity contribution in [3.8, 4) is 5.75 Å². The van der Waals surface area contributed by atoms with Crippen molar-refractivity contribution in [2.75, 3.05) is 26.1 Å². The van der Waals surface area contributed by atoms with Gasteiger partial charge in [0, 0.05) is 29.1 Å². The minimum Gasteiger partial charge on any atom is -0.494 e. The molecule has 4 aromatic rings. The number of anilines is 1. The molecule has 0 atom stereocenters. The van der Waals surface area contributed by atoms with Gasteiger partial charge in [0.15, 0.2) is 11.5 Å². The zero-order chi connectivity index (χ0) is 22.0. The highest BCUT2D eigenvalue weighted by Crippen LogP contribution is 2.47. The van der Waals surface area contributed by atoms with Gasteiger partial charge in [-0.05, 0) is 43.0 Å². The summed E-state index contributed by atoms with van der Waals surface area (Å²) in [4.78, 5) is 14.1. The van der Waals surface area contributed by atoms with Gasteiger partial charge in [0.1, 0.15) is 11.3 Å². The summed E-state index contributed by atoms with van der Waals surface area (Å²) in [6, 6.07) is 7.91. The average molecular weight is 432 g/mol. The maximum Gasteiger partial charge on any atom is 0.223 e. The predicted octanol–water partition coefficient (Wildman–Crippen LogP) is 2.42. The molecule has 1 saturated carbocycles. The average Bonchev–Trinajstić information content (AvgIpc) is 3.17. The molecule has 2 aliphatic rings. The number of aromatic nitrogens is 5. The number of nitrogens with two attached hydrogens (primary N) is 2. The van der Waals surface area contributed by atoms with E-state index in [2.05, 4.69) is 23.1 Å². The van der Waals surface area contributed by atoms with Crippen LogP contribution in [0.3, 0.4) is 0 Å². The van der Waals surface area contributed by atoms with Crippen LogP contribution in [-0.2, 0) is 10.3 Å². The van der Waals surface area contributed by atoms with Crippen molar-refractivity contribution < 1.29 is 9.47 Å². The fraction of sp³-hybridized carbons (Fsp3) is 0.391. The summed E-state index contributed by atoms with van der Waals surface area (Å²) in [6.07, 6.45) is 3.82. The largest absolute Gasteiger partial charge is 0.494 e. The van der Waals surface area contributed by atoms with Gasteiger partial charge in [-0.2, -0.15) is 4.52 Å². The molecule has 1 aliphatic carbocycles. The summed E-state index contributed by atoms with van der Waals surface area (Å²) in [5.74, 6) is 2.42. The second-order valence-corrected chi connectivity index (χ2v) is 8.97. The Morgan fingerprint density at radius 2 is 2.00 bits per heavy atom. The Bertz CT molecular complexity index is 1360. The Kier molecular flexibility index (Phi) is 4.15. The number of aryl methyl sites for hydroxylation is 1. The van der Waals surface area contributed by atoms with Crippen molar-refractivity contribution in [2.24, 2.45) is 5.73 Å². The first-order valence-electron chi connectivity index (χ1n) is 10.8. The Balaban J connectivity index is 1.27. The lowest BCUT2D eigenvalue weighted by molar-refractivity contribution is -0.0571. The number of benzene rings is 1. The van der Waals surface area contributed by atoms with E-state index in [1.165, 1.54) is 5.56 Å². The fourth-order valence-electron chi connectivity index (χ4n) is 4.81. The summed E-state index contributed by atoms with van der Waals surface area (Å²) in [6.45, 7) is 3.21. The smallest absolute Gasteiger partial charge is 0.223 e. The van der Waals surface area contributed by atoms with Gasteiger partial charge < -0.3 is 20.9 Å². The molecule has 0 spiro atoms. The van der Waals surface area contributed by atoms with E-state index >= 15 is 0 Å². The van der Waals surface area contributed by atoms with E-state index in [4.69, 9.17) is 30.9 Å². The maximum absolute atomic E-state index is 6.36. The summed E-state index contributed by atoms with van der Waals surface area (Å²) < 4.78 is 12.4. The molecule has 9 heteroatoms. The molecule has 0 unspecified atom stereocenters. The molecule has 1 aromatic carbocycles. The number of methoxy groups -OCH3 is 1. The molecule has 9 nitrogen and oxygen atoms in total. The second kappa shape index (κ2) is 6.85. The van der Waals surface area contributed by atoms with Gasteiger partial charge in [-0.1, -0.05) is 12.1 Å². The van der Waals surface area contributed by atoms with Crippen LogP contribution in [0.1, 0.15) is 47.3 Å². The number of fused-ring (bicyclic) bond motifs is 3. The normalized spacial score (nSPS) is 22.0. The SMILES string of the molecule is COc1cccc2c1nc(N)n1nc([C@H]3C[C@@H](c4ncc(C5(N)COC5)cc4C)C3)nc21. The van der Waals surface area contributed by atoms with Crippen LogP contribution < -0.4 is 16.2 Å². The minimum atomic E-state index is -0.391. The number of nitrogen functional groups attached to an aromatic ring is 1. The quantitative estimate of drug-likeness (QED) is 0.504. The van der Waals surface area contributed by atoms with Crippen LogP contribution in [0.2, 0.25) is 0 Å². The first-order chi connectivity index (χ1) is 15.5. The van der Waals surface area contributed by atoms with Crippen molar-refractivity contribution in [3.05, 3.63) is 53.1 Å². The molecular weight excluding hydrogens is 406 g/mol. The first kappa shape index (κ1) is 19.4. The van der Waals surface area contributed by atoms with Gasteiger partial charge in [-0.3, -0.25) is 4.98 Å². The predicted molar refractivity (Wildman–Crippen MR) is 120 cm³/mol. The van der Waals surface area contributed by atoms with Crippen LogP contribution in [0.25, 0.3) is 16.6 Å². The van der Waals surface area contributed by atoms with Crippen LogP contribution in [0.5, 0.6) is 5.75 Å². The molecule has 0 amide bonds. The van der Waals surface area contributed by atoms with Crippen molar-refractivity contribution in [3.63, 3.8) is 0 Å². The molecule has 32 heavy (non-hydrogen) atoms. The molecule has 164 valence electrons. The van der Waals surface area contributed by atoms with Gasteiger partial charge in [0.05, 0.1) is 25.9 Å². The van der Waals surface area contributed by atoms with Crippen molar-refractivity contribution in [1.29, 1.82) is 0 Å². The third-order valence-electron chi connectivity index (χ3n) is 6.83. The van der Waals surface area contributed by atoms with Gasteiger partial charge in [-0.25, -0.2) is 9.97 Å². The molecule has 4 N–H and O–H groups in total. The van der Waals surface area contributed by atoms with Crippen LogP contribution in [0, 0.1) is 6.92 Å². The molecule has 4 heterocycles. The molecule has 6 rings (SSSR count).